The first-order valence-corrected chi connectivity index (χ1v) is 10.2. The van der Waals surface area contributed by atoms with Gasteiger partial charge in [0.05, 0.1) is 21.9 Å². The third-order valence-corrected chi connectivity index (χ3v) is 7.03. The number of aliphatic hydroxyl groups is 1. The summed E-state index contributed by atoms with van der Waals surface area (Å²) >= 11 is 12.3. The molecular weight excluding hydrogens is 381 g/mol. The average Bonchev–Trinajstić information content (AvgIpc) is 3.17. The van der Waals surface area contributed by atoms with E-state index in [0.717, 1.165) is 43.4 Å². The lowest BCUT2D eigenvalue weighted by Crippen LogP contribution is -2.49. The Hall–Kier alpha value is -1.52. The van der Waals surface area contributed by atoms with Crippen LogP contribution in [0.5, 0.6) is 0 Å². The molecule has 2 fully saturated rings. The van der Waals surface area contributed by atoms with E-state index in [-0.39, 0.29) is 0 Å². The van der Waals surface area contributed by atoms with Gasteiger partial charge in [-0.1, -0.05) is 47.5 Å². The van der Waals surface area contributed by atoms with E-state index in [9.17, 15) is 5.11 Å². The molecule has 0 spiro atoms. The first-order chi connectivity index (χ1) is 13.0. The van der Waals surface area contributed by atoms with E-state index >= 15 is 0 Å². The number of halogens is 2. The van der Waals surface area contributed by atoms with E-state index in [1.807, 2.05) is 30.5 Å². The van der Waals surface area contributed by atoms with E-state index < -0.39 is 5.60 Å². The topological polar surface area (TPSA) is 36.6 Å². The van der Waals surface area contributed by atoms with Crippen molar-refractivity contribution in [3.63, 3.8) is 0 Å². The summed E-state index contributed by atoms with van der Waals surface area (Å²) in [6.45, 7) is 0.865. The predicted octanol–water partition coefficient (Wildman–Crippen LogP) is 5.75. The fourth-order valence-corrected chi connectivity index (χ4v) is 5.25. The number of rotatable bonds is 3. The molecule has 2 saturated heterocycles. The summed E-state index contributed by atoms with van der Waals surface area (Å²) in [5.41, 5.74) is 2.20. The normalized spacial score (nSPS) is 28.1. The highest BCUT2D eigenvalue weighted by atomic mass is 35.5. The summed E-state index contributed by atoms with van der Waals surface area (Å²) < 4.78 is 5.71. The van der Waals surface area contributed by atoms with Crippen molar-refractivity contribution in [3.8, 4) is 0 Å². The van der Waals surface area contributed by atoms with Crippen LogP contribution in [-0.2, 0) is 12.1 Å². The van der Waals surface area contributed by atoms with Crippen LogP contribution < -0.4 is 0 Å². The van der Waals surface area contributed by atoms with Crippen molar-refractivity contribution in [2.75, 3.05) is 0 Å². The Bertz CT molecular complexity index is 985. The zero-order valence-corrected chi connectivity index (χ0v) is 16.4. The fourth-order valence-electron chi connectivity index (χ4n) is 4.95. The Labute approximate surface area is 168 Å². The molecule has 2 unspecified atom stereocenters. The van der Waals surface area contributed by atoms with Crippen molar-refractivity contribution in [2.24, 2.45) is 0 Å². The molecule has 3 heterocycles. The quantitative estimate of drug-likeness (QED) is 0.606. The molecule has 0 aliphatic carbocycles. The summed E-state index contributed by atoms with van der Waals surface area (Å²) in [6.07, 6.45) is 5.55. The van der Waals surface area contributed by atoms with Gasteiger partial charge in [-0.2, -0.15) is 0 Å². The molecule has 1 aromatic heterocycles. The molecule has 1 N–H and O–H groups in total. The summed E-state index contributed by atoms with van der Waals surface area (Å²) in [4.78, 5) is 2.54. The largest absolute Gasteiger partial charge is 0.464 e. The Morgan fingerprint density at radius 3 is 2.52 bits per heavy atom. The molecule has 2 aromatic carbocycles. The van der Waals surface area contributed by atoms with Gasteiger partial charge in [-0.05, 0) is 49.4 Å². The number of furan rings is 1. The summed E-state index contributed by atoms with van der Waals surface area (Å²) in [7, 11) is 0. The second kappa shape index (κ2) is 6.52. The lowest BCUT2D eigenvalue weighted by molar-refractivity contribution is -0.0594. The minimum Gasteiger partial charge on any atom is -0.464 e. The van der Waals surface area contributed by atoms with Crippen LogP contribution in [-0.4, -0.2) is 22.1 Å². The first kappa shape index (κ1) is 17.6. The van der Waals surface area contributed by atoms with Crippen molar-refractivity contribution in [1.29, 1.82) is 0 Å². The molecule has 0 amide bonds. The van der Waals surface area contributed by atoms with Gasteiger partial charge in [0.2, 0.25) is 0 Å². The highest BCUT2D eigenvalue weighted by molar-refractivity contribution is 6.42. The van der Waals surface area contributed by atoms with E-state index in [4.69, 9.17) is 27.6 Å². The molecule has 2 atom stereocenters. The Morgan fingerprint density at radius 1 is 1.04 bits per heavy atom. The van der Waals surface area contributed by atoms with E-state index in [1.54, 1.807) is 6.07 Å². The maximum Gasteiger partial charge on any atom is 0.134 e. The van der Waals surface area contributed by atoms with Crippen molar-refractivity contribution < 1.29 is 9.52 Å². The van der Waals surface area contributed by atoms with Gasteiger partial charge in [0, 0.05) is 29.6 Å². The van der Waals surface area contributed by atoms with Crippen molar-refractivity contribution in [3.05, 3.63) is 69.9 Å². The van der Waals surface area contributed by atoms with Gasteiger partial charge in [-0.15, -0.1) is 0 Å². The molecule has 3 aromatic rings. The van der Waals surface area contributed by atoms with Gasteiger partial charge in [0.25, 0.3) is 0 Å². The van der Waals surface area contributed by atoms with Crippen LogP contribution >= 0.6 is 23.2 Å². The number of benzene rings is 2. The first-order valence-electron chi connectivity index (χ1n) is 9.42. The monoisotopic (exact) mass is 401 g/mol. The minimum absolute atomic E-state index is 0.358. The van der Waals surface area contributed by atoms with Crippen molar-refractivity contribution >= 4 is 34.2 Å². The Morgan fingerprint density at radius 2 is 1.78 bits per heavy atom. The lowest BCUT2D eigenvalue weighted by atomic mass is 9.80. The third-order valence-electron chi connectivity index (χ3n) is 6.29. The molecule has 2 aliphatic heterocycles. The molecule has 2 aliphatic rings. The number of nitrogens with zero attached hydrogens (tertiary/aromatic N) is 1. The number of hydrogen-bond donors (Lipinski definition) is 1. The molecule has 2 bridgehead atoms. The SMILES string of the molecule is OC1(c2ccc(Cl)c(Cl)c2)CC2CCC(C1)N2Cc1coc2ccccc12. The molecule has 5 rings (SSSR count). The van der Waals surface area contributed by atoms with Crippen LogP contribution in [0.25, 0.3) is 11.0 Å². The Balaban J connectivity index is 1.40. The number of fused-ring (bicyclic) bond motifs is 3. The summed E-state index contributed by atoms with van der Waals surface area (Å²) in [5.74, 6) is 0. The van der Waals surface area contributed by atoms with Gasteiger partial charge >= 0.3 is 0 Å². The van der Waals surface area contributed by atoms with Crippen LogP contribution in [0.1, 0.15) is 36.8 Å². The van der Waals surface area contributed by atoms with Crippen LogP contribution in [0.3, 0.4) is 0 Å². The molecule has 0 saturated carbocycles. The second-order valence-electron chi connectivity index (χ2n) is 7.88. The van der Waals surface area contributed by atoms with Crippen molar-refractivity contribution in [1.82, 2.24) is 4.90 Å². The highest BCUT2D eigenvalue weighted by Gasteiger charge is 2.48. The van der Waals surface area contributed by atoms with Crippen LogP contribution in [0.15, 0.2) is 53.1 Å². The molecular formula is C22H21Cl2NO2. The molecule has 140 valence electrons. The number of hydrogen-bond acceptors (Lipinski definition) is 3. The van der Waals surface area contributed by atoms with E-state index in [1.165, 1.54) is 10.9 Å². The standard InChI is InChI=1S/C22H21Cl2NO2/c23-19-8-5-15(9-20(19)24)22(26)10-16-6-7-17(11-22)25(16)12-14-13-27-21-4-2-1-3-18(14)21/h1-5,8-9,13,16-17,26H,6-7,10-12H2. The van der Waals surface area contributed by atoms with Gasteiger partial charge in [0.15, 0.2) is 0 Å². The molecule has 5 heteroatoms. The maximum atomic E-state index is 11.4. The summed E-state index contributed by atoms with van der Waals surface area (Å²) in [5, 5.41) is 13.6. The lowest BCUT2D eigenvalue weighted by Gasteiger charge is -2.44. The Kier molecular flexibility index (Phi) is 4.25. The maximum absolute atomic E-state index is 11.4. The van der Waals surface area contributed by atoms with Crippen LogP contribution in [0, 0.1) is 0 Å². The van der Waals surface area contributed by atoms with Crippen LogP contribution in [0.4, 0.5) is 0 Å². The zero-order valence-electron chi connectivity index (χ0n) is 14.9. The minimum atomic E-state index is -0.838. The van der Waals surface area contributed by atoms with E-state index in [2.05, 4.69) is 17.0 Å². The zero-order chi connectivity index (χ0) is 18.6. The van der Waals surface area contributed by atoms with Crippen molar-refractivity contribution in [2.45, 2.75) is 49.9 Å². The summed E-state index contributed by atoms with van der Waals surface area (Å²) in [6, 6.07) is 14.4. The van der Waals surface area contributed by atoms with Gasteiger partial charge in [-0.25, -0.2) is 0 Å². The van der Waals surface area contributed by atoms with E-state index in [0.29, 0.717) is 22.1 Å². The van der Waals surface area contributed by atoms with Crippen LogP contribution in [0.2, 0.25) is 10.0 Å². The average molecular weight is 402 g/mol. The van der Waals surface area contributed by atoms with Gasteiger partial charge < -0.3 is 9.52 Å². The number of para-hydroxylation sites is 1. The highest BCUT2D eigenvalue weighted by Crippen LogP contribution is 2.47. The molecule has 3 nitrogen and oxygen atoms in total. The number of piperidine rings is 1. The second-order valence-corrected chi connectivity index (χ2v) is 8.70. The third kappa shape index (κ3) is 2.98. The predicted molar refractivity (Wildman–Crippen MR) is 108 cm³/mol. The molecule has 27 heavy (non-hydrogen) atoms. The van der Waals surface area contributed by atoms with Gasteiger partial charge in [0.1, 0.15) is 5.58 Å². The molecule has 0 radical (unpaired) electrons. The fraction of sp³-hybridized carbons (Fsp3) is 0.364. The van der Waals surface area contributed by atoms with Gasteiger partial charge in [-0.3, -0.25) is 4.90 Å². The smallest absolute Gasteiger partial charge is 0.134 e.